The lowest BCUT2D eigenvalue weighted by Crippen LogP contribution is -2.72. The number of hydrogen-bond acceptors (Lipinski definition) is 0. The van der Waals surface area contributed by atoms with E-state index >= 15 is 0 Å². The molecule has 0 N–H and O–H groups in total. The third kappa shape index (κ3) is 3.49. The van der Waals surface area contributed by atoms with Crippen LogP contribution in [0.5, 0.6) is 0 Å². The van der Waals surface area contributed by atoms with E-state index in [1.165, 1.54) is 19.3 Å². The Morgan fingerprint density at radius 2 is 1.25 bits per heavy atom. The Bertz CT molecular complexity index is 794. The van der Waals surface area contributed by atoms with Crippen molar-refractivity contribution in [1.29, 1.82) is 0 Å². The van der Waals surface area contributed by atoms with Gasteiger partial charge < -0.3 is 0 Å². The van der Waals surface area contributed by atoms with Crippen LogP contribution < -0.4 is 0 Å². The minimum Gasteiger partial charge on any atom is -0.0625 e. The maximum absolute atomic E-state index is 2.82. The van der Waals surface area contributed by atoms with Crippen LogP contribution in [0.4, 0.5) is 0 Å². The minimum atomic E-state index is 0.418. The van der Waals surface area contributed by atoms with Crippen LogP contribution in [0.1, 0.15) is 123 Å². The highest BCUT2D eigenvalue weighted by molar-refractivity contribution is 5.20. The Morgan fingerprint density at radius 3 is 1.78 bits per heavy atom. The molecule has 16 unspecified atom stereocenters. The lowest BCUT2D eigenvalue weighted by atomic mass is 9.27. The molecule has 0 aromatic rings. The zero-order valence-electron chi connectivity index (χ0n) is 27.3. The van der Waals surface area contributed by atoms with Gasteiger partial charge in [-0.05, 0) is 118 Å². The van der Waals surface area contributed by atoms with Gasteiger partial charge in [-0.2, -0.15) is 0 Å². The first-order valence-electron chi connectivity index (χ1n) is 16.5. The van der Waals surface area contributed by atoms with Gasteiger partial charge in [0.25, 0.3) is 0 Å². The number of rotatable bonds is 3. The summed E-state index contributed by atoms with van der Waals surface area (Å²) >= 11 is 0. The average Bonchev–Trinajstić information content (AvgIpc) is 2.78. The van der Waals surface area contributed by atoms with Crippen molar-refractivity contribution in [2.24, 2.45) is 105 Å². The Labute approximate surface area is 227 Å². The maximum Gasteiger partial charge on any atom is -0.0212 e. The summed E-state index contributed by atoms with van der Waals surface area (Å²) in [6.07, 6.45) is 4.37. The lowest BCUT2D eigenvalue weighted by molar-refractivity contribution is -0.295. The van der Waals surface area contributed by atoms with E-state index in [4.69, 9.17) is 0 Å². The molecule has 4 aliphatic rings. The lowest BCUT2D eigenvalue weighted by Gasteiger charge is -2.77. The van der Waals surface area contributed by atoms with Gasteiger partial charge in [0.15, 0.2) is 0 Å². The molecule has 0 saturated heterocycles. The van der Waals surface area contributed by atoms with Gasteiger partial charge in [-0.15, -0.1) is 0 Å². The Balaban J connectivity index is 1.87. The topological polar surface area (TPSA) is 0 Å². The van der Waals surface area contributed by atoms with E-state index in [-0.39, 0.29) is 0 Å². The SMILES string of the molecule is CC(C)C(C)C1CCC(C)C2C(C)C3C(C)C4(C)C(C)C(C(C)C)C(C)CC4(C)C(C)C3(C)C(C)C12. The first kappa shape index (κ1) is 29.0. The quantitative estimate of drug-likeness (QED) is 0.363. The third-order valence-corrected chi connectivity index (χ3v) is 16.0. The Morgan fingerprint density at radius 1 is 0.667 bits per heavy atom. The second-order valence-corrected chi connectivity index (χ2v) is 17.0. The Hall–Kier alpha value is 0. The first-order valence-corrected chi connectivity index (χ1v) is 16.5. The van der Waals surface area contributed by atoms with Crippen molar-refractivity contribution in [3.8, 4) is 0 Å². The molecule has 210 valence electrons. The molecule has 36 heavy (non-hydrogen) atoms. The highest BCUT2D eigenvalue weighted by atomic mass is 14.8. The molecular weight excluding hydrogens is 432 g/mol. The van der Waals surface area contributed by atoms with Gasteiger partial charge in [-0.3, -0.25) is 0 Å². The fourth-order valence-electron chi connectivity index (χ4n) is 13.7. The largest absolute Gasteiger partial charge is 0.0625 e. The van der Waals surface area contributed by atoms with Crippen molar-refractivity contribution in [1.82, 2.24) is 0 Å². The van der Waals surface area contributed by atoms with Crippen LogP contribution in [0.15, 0.2) is 0 Å². The van der Waals surface area contributed by atoms with E-state index in [1.807, 2.05) is 0 Å². The third-order valence-electron chi connectivity index (χ3n) is 16.0. The average molecular weight is 499 g/mol. The molecule has 0 aliphatic heterocycles. The normalized spacial score (nSPS) is 58.2. The van der Waals surface area contributed by atoms with Crippen LogP contribution in [0.25, 0.3) is 0 Å². The smallest absolute Gasteiger partial charge is 0.0212 e. The molecule has 4 rings (SSSR count). The molecule has 0 nitrogen and oxygen atoms in total. The van der Waals surface area contributed by atoms with Gasteiger partial charge in [0.2, 0.25) is 0 Å². The fourth-order valence-corrected chi connectivity index (χ4v) is 13.7. The molecular formula is C36H66. The van der Waals surface area contributed by atoms with E-state index in [1.54, 1.807) is 0 Å². The van der Waals surface area contributed by atoms with Crippen molar-refractivity contribution in [2.45, 2.75) is 123 Å². The standard InChI is InChI=1S/C36H66/c1-19(2)23(7)29-17-16-21(5)31-24(8)33-27(11)36(15)26(10)30(20(3)4)22(6)18-34(36,13)28(12)35(33,14)25(9)32(29)31/h19-33H,16-18H2,1-15H3. The van der Waals surface area contributed by atoms with E-state index in [2.05, 4.69) is 104 Å². The Kier molecular flexibility index (Phi) is 7.48. The van der Waals surface area contributed by atoms with Crippen LogP contribution in [0.2, 0.25) is 0 Å². The summed E-state index contributed by atoms with van der Waals surface area (Å²) in [6, 6.07) is 0. The van der Waals surface area contributed by atoms with Crippen molar-refractivity contribution < 1.29 is 0 Å². The highest BCUT2D eigenvalue weighted by Gasteiger charge is 2.73. The predicted octanol–water partition coefficient (Wildman–Crippen LogP) is 10.7. The van der Waals surface area contributed by atoms with Crippen molar-refractivity contribution in [3.05, 3.63) is 0 Å². The van der Waals surface area contributed by atoms with Crippen LogP contribution >= 0.6 is 0 Å². The molecule has 0 bridgehead atoms. The molecule has 0 heteroatoms. The molecule has 0 spiro atoms. The molecule has 16 atom stereocenters. The molecule has 4 saturated carbocycles. The summed E-state index contributed by atoms with van der Waals surface area (Å²) in [7, 11) is 0. The second-order valence-electron chi connectivity index (χ2n) is 17.0. The monoisotopic (exact) mass is 499 g/mol. The van der Waals surface area contributed by atoms with Gasteiger partial charge in [-0.1, -0.05) is 110 Å². The van der Waals surface area contributed by atoms with E-state index in [0.29, 0.717) is 16.2 Å². The maximum atomic E-state index is 2.82. The van der Waals surface area contributed by atoms with Gasteiger partial charge in [0.1, 0.15) is 0 Å². The summed E-state index contributed by atoms with van der Waals surface area (Å²) < 4.78 is 0. The van der Waals surface area contributed by atoms with Crippen LogP contribution in [-0.4, -0.2) is 0 Å². The summed E-state index contributed by atoms with van der Waals surface area (Å²) in [5, 5.41) is 0. The molecule has 0 amide bonds. The summed E-state index contributed by atoms with van der Waals surface area (Å²) in [5.74, 6) is 12.6. The summed E-state index contributed by atoms with van der Waals surface area (Å²) in [4.78, 5) is 0. The van der Waals surface area contributed by atoms with Gasteiger partial charge in [-0.25, -0.2) is 0 Å². The molecule has 4 aliphatic carbocycles. The molecule has 0 radical (unpaired) electrons. The van der Waals surface area contributed by atoms with Crippen LogP contribution in [0.3, 0.4) is 0 Å². The number of hydrogen-bond donors (Lipinski definition) is 0. The van der Waals surface area contributed by atoms with Crippen LogP contribution in [-0.2, 0) is 0 Å². The minimum absolute atomic E-state index is 0.418. The number of fused-ring (bicyclic) bond motifs is 3. The molecule has 0 heterocycles. The van der Waals surface area contributed by atoms with Crippen LogP contribution in [0, 0.1) is 105 Å². The van der Waals surface area contributed by atoms with Gasteiger partial charge in [0, 0.05) is 0 Å². The second kappa shape index (κ2) is 9.29. The highest BCUT2D eigenvalue weighted by Crippen LogP contribution is 2.78. The van der Waals surface area contributed by atoms with Crippen molar-refractivity contribution >= 4 is 0 Å². The zero-order chi connectivity index (χ0) is 27.3. The van der Waals surface area contributed by atoms with E-state index in [0.717, 1.165) is 88.8 Å². The van der Waals surface area contributed by atoms with Gasteiger partial charge >= 0.3 is 0 Å². The van der Waals surface area contributed by atoms with E-state index in [9.17, 15) is 0 Å². The fraction of sp³-hybridized carbons (Fsp3) is 1.00. The molecule has 0 aromatic heterocycles. The van der Waals surface area contributed by atoms with Gasteiger partial charge in [0.05, 0.1) is 0 Å². The van der Waals surface area contributed by atoms with E-state index < -0.39 is 0 Å². The summed E-state index contributed by atoms with van der Waals surface area (Å²) in [6.45, 7) is 40.0. The predicted molar refractivity (Wildman–Crippen MR) is 159 cm³/mol. The zero-order valence-corrected chi connectivity index (χ0v) is 27.3. The summed E-state index contributed by atoms with van der Waals surface area (Å²) in [5.41, 5.74) is 1.27. The molecule has 4 fully saturated rings. The van der Waals surface area contributed by atoms with Crippen molar-refractivity contribution in [3.63, 3.8) is 0 Å². The first-order chi connectivity index (χ1) is 16.5. The van der Waals surface area contributed by atoms with Crippen molar-refractivity contribution in [2.75, 3.05) is 0 Å². The molecule has 0 aromatic carbocycles.